The molecule has 1 saturated carbocycles. The second-order valence-electron chi connectivity index (χ2n) is 3.24. The summed E-state index contributed by atoms with van der Waals surface area (Å²) < 4.78 is 0. The minimum absolute atomic E-state index is 0.530. The molecule has 0 radical (unpaired) electrons. The Hall–Kier alpha value is -0.0400. The van der Waals surface area contributed by atoms with Gasteiger partial charge in [-0.3, -0.25) is 0 Å². The van der Waals surface area contributed by atoms with Crippen LogP contribution in [0.4, 0.5) is 0 Å². The molecule has 0 aromatic rings. The van der Waals surface area contributed by atoms with Gasteiger partial charge in [-0.1, -0.05) is 13.8 Å². The first kappa shape index (κ1) is 6.09. The zero-order valence-electron chi connectivity index (χ0n) is 5.72. The molecule has 0 unspecified atom stereocenters. The van der Waals surface area contributed by atoms with E-state index in [1.54, 1.807) is 0 Å². The summed E-state index contributed by atoms with van der Waals surface area (Å²) in [6, 6.07) is 0.530. The van der Waals surface area contributed by atoms with Gasteiger partial charge < -0.3 is 5.73 Å². The molecule has 48 valence electrons. The summed E-state index contributed by atoms with van der Waals surface area (Å²) in [6.45, 7) is 4.55. The van der Waals surface area contributed by atoms with Crippen LogP contribution in [0.5, 0.6) is 0 Å². The Labute approximate surface area is 51.3 Å². The number of rotatable bonds is 1. The highest BCUT2D eigenvalue weighted by Gasteiger charge is 2.27. The van der Waals surface area contributed by atoms with E-state index in [9.17, 15) is 0 Å². The summed E-state index contributed by atoms with van der Waals surface area (Å²) in [5, 5.41) is 0. The zero-order valence-corrected chi connectivity index (χ0v) is 5.72. The third-order valence-electron chi connectivity index (χ3n) is 2.15. The Morgan fingerprint density at radius 3 is 2.00 bits per heavy atom. The van der Waals surface area contributed by atoms with Gasteiger partial charge in [0, 0.05) is 6.04 Å². The van der Waals surface area contributed by atoms with Crippen LogP contribution in [0.1, 0.15) is 26.7 Å². The van der Waals surface area contributed by atoms with Crippen LogP contribution in [0.15, 0.2) is 0 Å². The molecule has 0 bridgehead atoms. The smallest absolute Gasteiger partial charge is 0.00443 e. The summed E-state index contributed by atoms with van der Waals surface area (Å²) in [7, 11) is 0. The number of nitrogens with two attached hydrogens (primary N) is 1. The van der Waals surface area contributed by atoms with Gasteiger partial charge in [0.2, 0.25) is 0 Å². The summed E-state index contributed by atoms with van der Waals surface area (Å²) in [5.74, 6) is 1.79. The van der Waals surface area contributed by atoms with Gasteiger partial charge in [0.15, 0.2) is 0 Å². The van der Waals surface area contributed by atoms with Gasteiger partial charge in [0.1, 0.15) is 0 Å². The highest BCUT2D eigenvalue weighted by Crippen LogP contribution is 2.31. The van der Waals surface area contributed by atoms with Crippen LogP contribution in [0, 0.1) is 11.8 Å². The van der Waals surface area contributed by atoms with E-state index in [0.717, 1.165) is 11.8 Å². The molecule has 0 aromatic heterocycles. The van der Waals surface area contributed by atoms with Crippen molar-refractivity contribution < 1.29 is 0 Å². The average molecular weight is 113 g/mol. The largest absolute Gasteiger partial charge is 0.328 e. The van der Waals surface area contributed by atoms with Crippen LogP contribution in [0.2, 0.25) is 0 Å². The molecule has 1 rings (SSSR count). The Bertz CT molecular complexity index is 72.5. The number of hydrogen-bond donors (Lipinski definition) is 1. The Morgan fingerprint density at radius 2 is 1.88 bits per heavy atom. The molecule has 0 atom stereocenters. The monoisotopic (exact) mass is 113 g/mol. The van der Waals surface area contributed by atoms with Gasteiger partial charge in [-0.15, -0.1) is 0 Å². The third kappa shape index (κ3) is 1.03. The SMILES string of the molecule is CC(C)C1CC(N)C1. The summed E-state index contributed by atoms with van der Waals surface area (Å²) in [5.41, 5.74) is 5.61. The zero-order chi connectivity index (χ0) is 6.15. The number of hydrogen-bond acceptors (Lipinski definition) is 1. The molecule has 1 aliphatic carbocycles. The fourth-order valence-electron chi connectivity index (χ4n) is 1.25. The van der Waals surface area contributed by atoms with Crippen molar-refractivity contribution in [2.45, 2.75) is 32.7 Å². The molecule has 0 amide bonds. The van der Waals surface area contributed by atoms with Gasteiger partial charge in [-0.25, -0.2) is 0 Å². The maximum atomic E-state index is 5.61. The van der Waals surface area contributed by atoms with Crippen LogP contribution in [0.3, 0.4) is 0 Å². The highest BCUT2D eigenvalue weighted by molar-refractivity contribution is 4.83. The summed E-state index contributed by atoms with van der Waals surface area (Å²) in [6.07, 6.45) is 2.52. The standard InChI is InChI=1S/C7H15N/c1-5(2)6-3-7(8)4-6/h5-7H,3-4,8H2,1-2H3. The van der Waals surface area contributed by atoms with E-state index in [2.05, 4.69) is 13.8 Å². The minimum Gasteiger partial charge on any atom is -0.328 e. The molecule has 8 heavy (non-hydrogen) atoms. The first-order valence-electron chi connectivity index (χ1n) is 3.45. The predicted molar refractivity (Wildman–Crippen MR) is 35.5 cm³/mol. The lowest BCUT2D eigenvalue weighted by atomic mass is 9.74. The van der Waals surface area contributed by atoms with E-state index in [-0.39, 0.29) is 0 Å². The lowest BCUT2D eigenvalue weighted by Crippen LogP contribution is -2.38. The van der Waals surface area contributed by atoms with Crippen LogP contribution in [-0.2, 0) is 0 Å². The van der Waals surface area contributed by atoms with E-state index in [0.29, 0.717) is 6.04 Å². The molecule has 1 heteroatoms. The molecule has 1 nitrogen and oxygen atoms in total. The van der Waals surface area contributed by atoms with E-state index in [4.69, 9.17) is 5.73 Å². The molecule has 1 fully saturated rings. The maximum Gasteiger partial charge on any atom is 0.00443 e. The molecule has 0 aromatic carbocycles. The van der Waals surface area contributed by atoms with Crippen molar-refractivity contribution in [3.8, 4) is 0 Å². The second kappa shape index (κ2) is 2.06. The molecule has 1 aliphatic rings. The minimum atomic E-state index is 0.530. The van der Waals surface area contributed by atoms with Crippen molar-refractivity contribution in [1.29, 1.82) is 0 Å². The summed E-state index contributed by atoms with van der Waals surface area (Å²) >= 11 is 0. The maximum absolute atomic E-state index is 5.61. The third-order valence-corrected chi connectivity index (χ3v) is 2.15. The Kier molecular flexibility index (Phi) is 1.57. The normalized spacial score (nSPS) is 37.5. The molecule has 0 heterocycles. The van der Waals surface area contributed by atoms with Gasteiger partial charge in [0.05, 0.1) is 0 Å². The first-order chi connectivity index (χ1) is 3.70. The van der Waals surface area contributed by atoms with E-state index in [1.165, 1.54) is 12.8 Å². The molecular formula is C7H15N. The van der Waals surface area contributed by atoms with Gasteiger partial charge in [0.25, 0.3) is 0 Å². The predicted octanol–water partition coefficient (Wildman–Crippen LogP) is 1.38. The van der Waals surface area contributed by atoms with Gasteiger partial charge in [-0.05, 0) is 24.7 Å². The quantitative estimate of drug-likeness (QED) is 0.546. The highest BCUT2D eigenvalue weighted by atomic mass is 14.7. The van der Waals surface area contributed by atoms with Crippen molar-refractivity contribution in [3.63, 3.8) is 0 Å². The first-order valence-corrected chi connectivity index (χ1v) is 3.45. The van der Waals surface area contributed by atoms with E-state index >= 15 is 0 Å². The van der Waals surface area contributed by atoms with Crippen LogP contribution < -0.4 is 5.73 Å². The van der Waals surface area contributed by atoms with Crippen molar-refractivity contribution in [2.24, 2.45) is 17.6 Å². The van der Waals surface area contributed by atoms with Crippen molar-refractivity contribution in [1.82, 2.24) is 0 Å². The van der Waals surface area contributed by atoms with Crippen LogP contribution >= 0.6 is 0 Å². The van der Waals surface area contributed by atoms with E-state index in [1.807, 2.05) is 0 Å². The topological polar surface area (TPSA) is 26.0 Å². The summed E-state index contributed by atoms with van der Waals surface area (Å²) in [4.78, 5) is 0. The van der Waals surface area contributed by atoms with Gasteiger partial charge in [-0.2, -0.15) is 0 Å². The van der Waals surface area contributed by atoms with Crippen LogP contribution in [0.25, 0.3) is 0 Å². The van der Waals surface area contributed by atoms with Crippen molar-refractivity contribution >= 4 is 0 Å². The lowest BCUT2D eigenvalue weighted by molar-refractivity contribution is 0.199. The van der Waals surface area contributed by atoms with Gasteiger partial charge >= 0.3 is 0 Å². The molecule has 0 aliphatic heterocycles. The van der Waals surface area contributed by atoms with E-state index < -0.39 is 0 Å². The molecular weight excluding hydrogens is 98.1 g/mol. The fraction of sp³-hybridized carbons (Fsp3) is 1.00. The average Bonchev–Trinajstić information content (AvgIpc) is 1.57. The molecule has 2 N–H and O–H groups in total. The fourth-order valence-corrected chi connectivity index (χ4v) is 1.25. The molecule has 0 spiro atoms. The lowest BCUT2D eigenvalue weighted by Gasteiger charge is -2.35. The van der Waals surface area contributed by atoms with Crippen LogP contribution in [-0.4, -0.2) is 6.04 Å². The van der Waals surface area contributed by atoms with Crippen molar-refractivity contribution in [2.75, 3.05) is 0 Å². The second-order valence-corrected chi connectivity index (χ2v) is 3.24. The molecule has 0 saturated heterocycles. The van der Waals surface area contributed by atoms with Crippen molar-refractivity contribution in [3.05, 3.63) is 0 Å². The Balaban J connectivity index is 2.15. The Morgan fingerprint density at radius 1 is 1.38 bits per heavy atom.